The van der Waals surface area contributed by atoms with Crippen molar-refractivity contribution in [2.75, 3.05) is 13.1 Å². The summed E-state index contributed by atoms with van der Waals surface area (Å²) in [7, 11) is 0. The van der Waals surface area contributed by atoms with E-state index in [2.05, 4.69) is 12.1 Å². The van der Waals surface area contributed by atoms with Crippen LogP contribution in [0.25, 0.3) is 0 Å². The molecule has 1 aliphatic carbocycles. The van der Waals surface area contributed by atoms with Gasteiger partial charge < -0.3 is 10.0 Å². The normalized spacial score (nSPS) is 28.2. The summed E-state index contributed by atoms with van der Waals surface area (Å²) in [5, 5.41) is 9.11. The zero-order chi connectivity index (χ0) is 15.0. The standard InChI is InChI=1S/C17H21NO3/c1-17(9-4-6-12-5-2-3-7-14(12)17)16(21)18-10-8-13(11-18)15(19)20/h2-3,5,7,13H,4,6,8-11H2,1H3,(H,19,20)/t13-,17+/m1/s1. The van der Waals surface area contributed by atoms with Crippen molar-refractivity contribution in [1.82, 2.24) is 4.90 Å². The van der Waals surface area contributed by atoms with Crippen molar-refractivity contribution in [3.8, 4) is 0 Å². The number of carboxylic acids is 1. The smallest absolute Gasteiger partial charge is 0.308 e. The summed E-state index contributed by atoms with van der Waals surface area (Å²) in [6, 6.07) is 8.16. The van der Waals surface area contributed by atoms with Gasteiger partial charge in [0, 0.05) is 13.1 Å². The van der Waals surface area contributed by atoms with Gasteiger partial charge in [0.2, 0.25) is 5.91 Å². The Morgan fingerprint density at radius 1 is 1.33 bits per heavy atom. The lowest BCUT2D eigenvalue weighted by atomic mass is 9.70. The molecule has 1 aliphatic heterocycles. The first-order valence-electron chi connectivity index (χ1n) is 7.63. The minimum Gasteiger partial charge on any atom is -0.481 e. The van der Waals surface area contributed by atoms with Crippen LogP contribution in [0.1, 0.15) is 37.3 Å². The highest BCUT2D eigenvalue weighted by Gasteiger charge is 2.43. The maximum atomic E-state index is 13.0. The van der Waals surface area contributed by atoms with Crippen LogP contribution in [0, 0.1) is 5.92 Å². The van der Waals surface area contributed by atoms with E-state index < -0.39 is 17.3 Å². The largest absolute Gasteiger partial charge is 0.481 e. The molecule has 3 rings (SSSR count). The lowest BCUT2D eigenvalue weighted by Crippen LogP contribution is -2.46. The van der Waals surface area contributed by atoms with Gasteiger partial charge in [-0.3, -0.25) is 9.59 Å². The third-order valence-corrected chi connectivity index (χ3v) is 5.03. The number of aliphatic carboxylic acids is 1. The molecule has 1 aromatic rings. The zero-order valence-corrected chi connectivity index (χ0v) is 12.3. The van der Waals surface area contributed by atoms with Crippen LogP contribution in [0.2, 0.25) is 0 Å². The molecule has 1 amide bonds. The van der Waals surface area contributed by atoms with Gasteiger partial charge in [0.05, 0.1) is 11.3 Å². The number of nitrogens with zero attached hydrogens (tertiary/aromatic N) is 1. The predicted octanol–water partition coefficient (Wildman–Crippen LogP) is 2.21. The number of fused-ring (bicyclic) bond motifs is 1. The maximum Gasteiger partial charge on any atom is 0.308 e. The lowest BCUT2D eigenvalue weighted by Gasteiger charge is -2.37. The van der Waals surface area contributed by atoms with Gasteiger partial charge in [-0.2, -0.15) is 0 Å². The van der Waals surface area contributed by atoms with E-state index in [4.69, 9.17) is 5.11 Å². The molecule has 0 bridgehead atoms. The number of carboxylic acid groups (broad SMARTS) is 1. The molecule has 0 spiro atoms. The molecule has 1 fully saturated rings. The second-order valence-electron chi connectivity index (χ2n) is 6.42. The number of carbonyl (C=O) groups excluding carboxylic acids is 1. The minimum absolute atomic E-state index is 0.0957. The van der Waals surface area contributed by atoms with E-state index in [0.29, 0.717) is 19.5 Å². The summed E-state index contributed by atoms with van der Waals surface area (Å²) in [5.74, 6) is -1.10. The van der Waals surface area contributed by atoms with Crippen molar-refractivity contribution in [3.63, 3.8) is 0 Å². The number of amides is 1. The number of hydrogen-bond acceptors (Lipinski definition) is 2. The van der Waals surface area contributed by atoms with Crippen molar-refractivity contribution in [2.45, 2.75) is 38.0 Å². The number of benzene rings is 1. The molecule has 0 saturated carbocycles. The predicted molar refractivity (Wildman–Crippen MR) is 79.1 cm³/mol. The molecule has 0 unspecified atom stereocenters. The average Bonchev–Trinajstić information content (AvgIpc) is 2.97. The van der Waals surface area contributed by atoms with E-state index in [1.165, 1.54) is 5.56 Å². The average molecular weight is 287 g/mol. The topological polar surface area (TPSA) is 57.6 Å². The molecular weight excluding hydrogens is 266 g/mol. The van der Waals surface area contributed by atoms with Gasteiger partial charge in [-0.05, 0) is 43.7 Å². The summed E-state index contributed by atoms with van der Waals surface area (Å²) < 4.78 is 0. The summed E-state index contributed by atoms with van der Waals surface area (Å²) in [5.41, 5.74) is 1.89. The summed E-state index contributed by atoms with van der Waals surface area (Å²) in [6.45, 7) is 2.93. The first-order valence-corrected chi connectivity index (χ1v) is 7.63. The van der Waals surface area contributed by atoms with Crippen LogP contribution in [0.15, 0.2) is 24.3 Å². The molecule has 21 heavy (non-hydrogen) atoms. The molecule has 1 N–H and O–H groups in total. The Balaban J connectivity index is 1.87. The van der Waals surface area contributed by atoms with Crippen molar-refractivity contribution < 1.29 is 14.7 Å². The van der Waals surface area contributed by atoms with E-state index in [-0.39, 0.29) is 5.91 Å². The van der Waals surface area contributed by atoms with E-state index >= 15 is 0 Å². The van der Waals surface area contributed by atoms with Crippen LogP contribution in [0.3, 0.4) is 0 Å². The third-order valence-electron chi connectivity index (χ3n) is 5.03. The SMILES string of the molecule is C[C@]1(C(=O)N2CC[C@@H](C(=O)O)C2)CCCc2ccccc21. The molecule has 1 saturated heterocycles. The summed E-state index contributed by atoms with van der Waals surface area (Å²) in [6.07, 6.45) is 3.45. The van der Waals surface area contributed by atoms with Crippen LogP contribution >= 0.6 is 0 Å². The number of carbonyl (C=O) groups is 2. The van der Waals surface area contributed by atoms with Gasteiger partial charge in [0.1, 0.15) is 0 Å². The Morgan fingerprint density at radius 3 is 2.81 bits per heavy atom. The fraction of sp³-hybridized carbons (Fsp3) is 0.529. The van der Waals surface area contributed by atoms with Crippen LogP contribution < -0.4 is 0 Å². The van der Waals surface area contributed by atoms with Crippen LogP contribution in [0.5, 0.6) is 0 Å². The number of aryl methyl sites for hydroxylation is 1. The van der Waals surface area contributed by atoms with Gasteiger partial charge >= 0.3 is 5.97 Å². The molecular formula is C17H21NO3. The fourth-order valence-electron chi connectivity index (χ4n) is 3.76. The first-order chi connectivity index (χ1) is 10.0. The van der Waals surface area contributed by atoms with Gasteiger partial charge in [-0.15, -0.1) is 0 Å². The quantitative estimate of drug-likeness (QED) is 0.907. The second kappa shape index (κ2) is 5.17. The molecule has 1 aromatic carbocycles. The van der Waals surface area contributed by atoms with Gasteiger partial charge in [-0.25, -0.2) is 0 Å². The Bertz CT molecular complexity index is 583. The second-order valence-corrected chi connectivity index (χ2v) is 6.42. The number of rotatable bonds is 2. The Morgan fingerprint density at radius 2 is 2.10 bits per heavy atom. The molecule has 2 atom stereocenters. The van der Waals surface area contributed by atoms with E-state index in [1.807, 2.05) is 19.1 Å². The number of likely N-dealkylation sites (tertiary alicyclic amines) is 1. The number of hydrogen-bond donors (Lipinski definition) is 1. The monoisotopic (exact) mass is 287 g/mol. The van der Waals surface area contributed by atoms with Crippen molar-refractivity contribution in [1.29, 1.82) is 0 Å². The Labute approximate surface area is 124 Å². The molecule has 0 radical (unpaired) electrons. The Hall–Kier alpha value is -1.84. The van der Waals surface area contributed by atoms with E-state index in [0.717, 1.165) is 24.8 Å². The summed E-state index contributed by atoms with van der Waals surface area (Å²) in [4.78, 5) is 25.8. The molecule has 1 heterocycles. The zero-order valence-electron chi connectivity index (χ0n) is 12.3. The van der Waals surface area contributed by atoms with Crippen molar-refractivity contribution in [2.24, 2.45) is 5.92 Å². The van der Waals surface area contributed by atoms with E-state index in [1.54, 1.807) is 4.90 Å². The Kier molecular flexibility index (Phi) is 3.47. The molecule has 112 valence electrons. The molecule has 4 nitrogen and oxygen atoms in total. The highest BCUT2D eigenvalue weighted by atomic mass is 16.4. The van der Waals surface area contributed by atoms with Crippen molar-refractivity contribution >= 4 is 11.9 Å². The summed E-state index contributed by atoms with van der Waals surface area (Å²) >= 11 is 0. The first kappa shape index (κ1) is 14.1. The highest BCUT2D eigenvalue weighted by Crippen LogP contribution is 2.39. The maximum absolute atomic E-state index is 13.0. The van der Waals surface area contributed by atoms with Gasteiger partial charge in [0.25, 0.3) is 0 Å². The van der Waals surface area contributed by atoms with Gasteiger partial charge in [0.15, 0.2) is 0 Å². The molecule has 0 aromatic heterocycles. The molecule has 4 heteroatoms. The van der Waals surface area contributed by atoms with E-state index in [9.17, 15) is 9.59 Å². The lowest BCUT2D eigenvalue weighted by molar-refractivity contribution is -0.142. The third kappa shape index (κ3) is 2.33. The minimum atomic E-state index is -0.792. The molecule has 2 aliphatic rings. The van der Waals surface area contributed by atoms with Crippen LogP contribution in [-0.4, -0.2) is 35.0 Å². The van der Waals surface area contributed by atoms with Crippen LogP contribution in [-0.2, 0) is 21.4 Å². The van der Waals surface area contributed by atoms with Crippen molar-refractivity contribution in [3.05, 3.63) is 35.4 Å². The highest BCUT2D eigenvalue weighted by molar-refractivity contribution is 5.89. The van der Waals surface area contributed by atoms with Gasteiger partial charge in [-0.1, -0.05) is 24.3 Å². The fourth-order valence-corrected chi connectivity index (χ4v) is 3.76. The van der Waals surface area contributed by atoms with Crippen LogP contribution in [0.4, 0.5) is 0 Å².